The van der Waals surface area contributed by atoms with Gasteiger partial charge in [0, 0.05) is 16.9 Å². The summed E-state index contributed by atoms with van der Waals surface area (Å²) in [5.41, 5.74) is 5.05. The Kier molecular flexibility index (Phi) is 3.15. The normalized spacial score (nSPS) is 17.9. The van der Waals surface area contributed by atoms with Crippen LogP contribution in [0.3, 0.4) is 0 Å². The Morgan fingerprint density at radius 1 is 1.00 bits per heavy atom. The van der Waals surface area contributed by atoms with E-state index in [4.69, 9.17) is 0 Å². The number of fused-ring (bicyclic) bond motifs is 4. The lowest BCUT2D eigenvalue weighted by atomic mass is 9.76. The molecule has 2 aliphatic carbocycles. The Labute approximate surface area is 129 Å². The van der Waals surface area contributed by atoms with Crippen molar-refractivity contribution in [3.05, 3.63) is 47.0 Å². The van der Waals surface area contributed by atoms with Gasteiger partial charge in [0.15, 0.2) is 5.78 Å². The van der Waals surface area contributed by atoms with E-state index in [9.17, 15) is 4.79 Å². The summed E-state index contributed by atoms with van der Waals surface area (Å²) < 4.78 is 0. The van der Waals surface area contributed by atoms with Gasteiger partial charge in [-0.15, -0.1) is 11.8 Å². The van der Waals surface area contributed by atoms with Crippen LogP contribution in [0.1, 0.15) is 36.8 Å². The molecular formula is C19H18OS. The van der Waals surface area contributed by atoms with Crippen LogP contribution in [0.15, 0.2) is 40.8 Å². The van der Waals surface area contributed by atoms with Gasteiger partial charge < -0.3 is 0 Å². The summed E-state index contributed by atoms with van der Waals surface area (Å²) in [5.74, 6) is 0.359. The molecule has 0 atom stereocenters. The number of hydrogen-bond donors (Lipinski definition) is 0. The monoisotopic (exact) mass is 294 g/mol. The smallest absolute Gasteiger partial charge is 0.163 e. The van der Waals surface area contributed by atoms with Gasteiger partial charge in [-0.2, -0.15) is 0 Å². The van der Waals surface area contributed by atoms with Crippen molar-refractivity contribution in [3.8, 4) is 0 Å². The van der Waals surface area contributed by atoms with Crippen molar-refractivity contribution in [3.63, 3.8) is 0 Å². The predicted octanol–water partition coefficient (Wildman–Crippen LogP) is 5.01. The maximum atomic E-state index is 12.4. The van der Waals surface area contributed by atoms with Crippen molar-refractivity contribution < 1.29 is 4.79 Å². The number of benzene rings is 2. The van der Waals surface area contributed by atoms with Gasteiger partial charge in [0.25, 0.3) is 0 Å². The number of ketones is 1. The first-order chi connectivity index (χ1) is 10.3. The first kappa shape index (κ1) is 13.1. The minimum Gasteiger partial charge on any atom is -0.294 e. The van der Waals surface area contributed by atoms with Crippen LogP contribution in [-0.2, 0) is 11.2 Å². The topological polar surface area (TPSA) is 17.1 Å². The molecule has 2 heteroatoms. The number of carbonyl (C=O) groups excluding carboxylic acids is 1. The maximum Gasteiger partial charge on any atom is 0.163 e. The van der Waals surface area contributed by atoms with Crippen molar-refractivity contribution in [2.24, 2.45) is 0 Å². The minimum atomic E-state index is 0.359. The number of allylic oxidation sites excluding steroid dienone is 2. The van der Waals surface area contributed by atoms with Crippen LogP contribution in [0, 0.1) is 0 Å². The molecule has 0 heterocycles. The molecule has 0 bridgehead atoms. The molecule has 2 aromatic rings. The van der Waals surface area contributed by atoms with Gasteiger partial charge in [-0.05, 0) is 66.0 Å². The van der Waals surface area contributed by atoms with Gasteiger partial charge in [-0.1, -0.05) is 23.8 Å². The lowest BCUT2D eigenvalue weighted by molar-refractivity contribution is -0.114. The van der Waals surface area contributed by atoms with Crippen LogP contribution < -0.4 is 0 Å². The Morgan fingerprint density at radius 2 is 1.90 bits per heavy atom. The Balaban J connectivity index is 1.96. The molecule has 0 unspecified atom stereocenters. The Morgan fingerprint density at radius 3 is 2.76 bits per heavy atom. The molecule has 0 radical (unpaired) electrons. The summed E-state index contributed by atoms with van der Waals surface area (Å²) in [6, 6.07) is 11.1. The molecule has 0 spiro atoms. The summed E-state index contributed by atoms with van der Waals surface area (Å²) in [4.78, 5) is 13.7. The number of thioether (sulfide) groups is 1. The fourth-order valence-electron chi connectivity index (χ4n) is 3.78. The summed E-state index contributed by atoms with van der Waals surface area (Å²) >= 11 is 1.78. The number of carbonyl (C=O) groups is 1. The van der Waals surface area contributed by atoms with Crippen molar-refractivity contribution in [1.82, 2.24) is 0 Å². The molecule has 0 aliphatic heterocycles. The van der Waals surface area contributed by atoms with Crippen molar-refractivity contribution in [2.75, 3.05) is 6.26 Å². The van der Waals surface area contributed by atoms with E-state index in [1.807, 2.05) is 0 Å². The van der Waals surface area contributed by atoms with Crippen LogP contribution in [0.4, 0.5) is 0 Å². The fourth-order valence-corrected chi connectivity index (χ4v) is 4.23. The highest BCUT2D eigenvalue weighted by Gasteiger charge is 2.27. The highest BCUT2D eigenvalue weighted by Crippen LogP contribution is 2.41. The second-order valence-corrected chi connectivity index (χ2v) is 6.81. The molecule has 0 saturated carbocycles. The van der Waals surface area contributed by atoms with Crippen molar-refractivity contribution >= 4 is 33.9 Å². The molecule has 0 fully saturated rings. The van der Waals surface area contributed by atoms with E-state index in [-0.39, 0.29) is 0 Å². The van der Waals surface area contributed by atoms with Crippen LogP contribution in [0.5, 0.6) is 0 Å². The molecule has 1 nitrogen and oxygen atoms in total. The van der Waals surface area contributed by atoms with Crippen LogP contribution in [0.2, 0.25) is 0 Å². The van der Waals surface area contributed by atoms with Crippen LogP contribution in [0.25, 0.3) is 16.3 Å². The number of Topliss-reactive ketones (excluding diaryl/α,β-unsaturated/α-hetero) is 1. The zero-order valence-corrected chi connectivity index (χ0v) is 13.1. The van der Waals surface area contributed by atoms with E-state index in [2.05, 4.69) is 36.6 Å². The largest absolute Gasteiger partial charge is 0.294 e. The predicted molar refractivity (Wildman–Crippen MR) is 89.8 cm³/mol. The standard InChI is InChI=1S/C19H18OS/c1-21-14-7-10-15-13(11-14)6-9-17-16(15)8-5-12-3-2-4-18(20)19(12)17/h6-7,9-11H,2-5,8H2,1H3. The SMILES string of the molecule is CSc1ccc2c3c(ccc2c1)C1=C(CCCC1=O)CC3. The fraction of sp³-hybridized carbons (Fsp3) is 0.316. The lowest BCUT2D eigenvalue weighted by Crippen LogP contribution is -2.16. The summed E-state index contributed by atoms with van der Waals surface area (Å²) in [6.45, 7) is 0. The molecule has 0 amide bonds. The number of hydrogen-bond acceptors (Lipinski definition) is 2. The quantitative estimate of drug-likeness (QED) is 0.687. The molecule has 21 heavy (non-hydrogen) atoms. The first-order valence-corrected chi connectivity index (χ1v) is 8.85. The average Bonchev–Trinajstić information content (AvgIpc) is 2.53. The molecule has 2 aromatic carbocycles. The second kappa shape index (κ2) is 5.03. The molecular weight excluding hydrogens is 276 g/mol. The molecule has 4 rings (SSSR count). The zero-order chi connectivity index (χ0) is 14.4. The van der Waals surface area contributed by atoms with Crippen LogP contribution >= 0.6 is 11.8 Å². The van der Waals surface area contributed by atoms with Gasteiger partial charge >= 0.3 is 0 Å². The lowest BCUT2D eigenvalue weighted by Gasteiger charge is -2.27. The molecule has 106 valence electrons. The molecule has 0 N–H and O–H groups in total. The average molecular weight is 294 g/mol. The first-order valence-electron chi connectivity index (χ1n) is 7.63. The molecule has 0 aromatic heterocycles. The van der Waals surface area contributed by atoms with E-state index in [0.29, 0.717) is 5.78 Å². The molecule has 2 aliphatic rings. The second-order valence-electron chi connectivity index (χ2n) is 5.93. The Hall–Kier alpha value is -1.54. The highest BCUT2D eigenvalue weighted by molar-refractivity contribution is 7.98. The summed E-state index contributed by atoms with van der Waals surface area (Å²) in [6.07, 6.45) is 7.13. The van der Waals surface area contributed by atoms with Crippen molar-refractivity contribution in [2.45, 2.75) is 37.0 Å². The minimum absolute atomic E-state index is 0.359. The van der Waals surface area contributed by atoms with Gasteiger partial charge in [0.2, 0.25) is 0 Å². The third-order valence-electron chi connectivity index (χ3n) is 4.80. The van der Waals surface area contributed by atoms with Gasteiger partial charge in [0.05, 0.1) is 0 Å². The number of aryl methyl sites for hydroxylation is 1. The zero-order valence-electron chi connectivity index (χ0n) is 12.2. The summed E-state index contributed by atoms with van der Waals surface area (Å²) in [5, 5.41) is 2.63. The van der Waals surface area contributed by atoms with Gasteiger partial charge in [-0.3, -0.25) is 4.79 Å². The third kappa shape index (κ3) is 2.04. The van der Waals surface area contributed by atoms with Gasteiger partial charge in [0.1, 0.15) is 0 Å². The van der Waals surface area contributed by atoms with E-state index >= 15 is 0 Å². The van der Waals surface area contributed by atoms with Crippen LogP contribution in [-0.4, -0.2) is 12.0 Å². The van der Waals surface area contributed by atoms with E-state index in [0.717, 1.165) is 37.7 Å². The van der Waals surface area contributed by atoms with E-state index in [1.54, 1.807) is 11.8 Å². The Bertz CT molecular complexity index is 785. The molecule has 0 saturated heterocycles. The maximum absolute atomic E-state index is 12.4. The van der Waals surface area contributed by atoms with Crippen molar-refractivity contribution in [1.29, 1.82) is 0 Å². The highest BCUT2D eigenvalue weighted by atomic mass is 32.2. The van der Waals surface area contributed by atoms with E-state index in [1.165, 1.54) is 32.4 Å². The van der Waals surface area contributed by atoms with E-state index < -0.39 is 0 Å². The number of rotatable bonds is 1. The third-order valence-corrected chi connectivity index (χ3v) is 5.52. The summed E-state index contributed by atoms with van der Waals surface area (Å²) in [7, 11) is 0. The van der Waals surface area contributed by atoms with Gasteiger partial charge in [-0.25, -0.2) is 0 Å².